The zero-order valence-electron chi connectivity index (χ0n) is 8.16. The van der Waals surface area contributed by atoms with Crippen molar-refractivity contribution >= 4 is 17.6 Å². The summed E-state index contributed by atoms with van der Waals surface area (Å²) in [5, 5.41) is 0.355. The second-order valence-corrected chi connectivity index (χ2v) is 3.22. The lowest BCUT2D eigenvalue weighted by Gasteiger charge is -2.11. The standard InChI is InChI=1S/C10H12ClNO2/c1-3-14-10(13)7(2)8-5-4-6-12-9(8)11/h4-7H,3H2,1-2H3. The van der Waals surface area contributed by atoms with E-state index in [9.17, 15) is 4.79 Å². The zero-order valence-corrected chi connectivity index (χ0v) is 8.91. The largest absolute Gasteiger partial charge is 0.466 e. The first-order valence-corrected chi connectivity index (χ1v) is 4.81. The molecule has 3 nitrogen and oxygen atoms in total. The molecule has 0 aliphatic rings. The molecule has 1 rings (SSSR count). The average Bonchev–Trinajstić information content (AvgIpc) is 2.18. The highest BCUT2D eigenvalue weighted by molar-refractivity contribution is 6.30. The highest BCUT2D eigenvalue weighted by atomic mass is 35.5. The monoisotopic (exact) mass is 213 g/mol. The highest BCUT2D eigenvalue weighted by Gasteiger charge is 2.18. The van der Waals surface area contributed by atoms with Crippen molar-refractivity contribution in [2.75, 3.05) is 6.61 Å². The maximum atomic E-state index is 11.4. The van der Waals surface area contributed by atoms with Gasteiger partial charge in [-0.1, -0.05) is 17.7 Å². The van der Waals surface area contributed by atoms with Crippen LogP contribution in [-0.4, -0.2) is 17.6 Å². The first kappa shape index (κ1) is 11.0. The SMILES string of the molecule is CCOC(=O)C(C)c1cccnc1Cl. The summed E-state index contributed by atoms with van der Waals surface area (Å²) in [5.74, 6) is -0.640. The maximum absolute atomic E-state index is 11.4. The van der Waals surface area contributed by atoms with Gasteiger partial charge >= 0.3 is 5.97 Å². The van der Waals surface area contributed by atoms with E-state index in [4.69, 9.17) is 16.3 Å². The number of ether oxygens (including phenoxy) is 1. The predicted octanol–water partition coefficient (Wildman–Crippen LogP) is 2.40. The van der Waals surface area contributed by atoms with Gasteiger partial charge in [-0.3, -0.25) is 4.79 Å². The average molecular weight is 214 g/mol. The summed E-state index contributed by atoms with van der Waals surface area (Å²) >= 11 is 5.84. The Balaban J connectivity index is 2.84. The van der Waals surface area contributed by atoms with Crippen molar-refractivity contribution in [3.8, 4) is 0 Å². The van der Waals surface area contributed by atoms with Gasteiger partial charge in [0.2, 0.25) is 0 Å². The lowest BCUT2D eigenvalue weighted by atomic mass is 10.0. The Morgan fingerprint density at radius 3 is 3.00 bits per heavy atom. The molecular weight excluding hydrogens is 202 g/mol. The number of carbonyl (C=O) groups is 1. The topological polar surface area (TPSA) is 39.2 Å². The minimum Gasteiger partial charge on any atom is -0.466 e. The van der Waals surface area contributed by atoms with Crippen molar-refractivity contribution in [3.05, 3.63) is 29.0 Å². The van der Waals surface area contributed by atoms with Gasteiger partial charge in [0.15, 0.2) is 0 Å². The van der Waals surface area contributed by atoms with Crippen LogP contribution in [0.25, 0.3) is 0 Å². The number of aromatic nitrogens is 1. The fourth-order valence-electron chi connectivity index (χ4n) is 1.12. The van der Waals surface area contributed by atoms with Crippen molar-refractivity contribution in [1.29, 1.82) is 0 Å². The van der Waals surface area contributed by atoms with E-state index in [0.29, 0.717) is 17.3 Å². The lowest BCUT2D eigenvalue weighted by molar-refractivity contribution is -0.144. The van der Waals surface area contributed by atoms with Gasteiger partial charge < -0.3 is 4.74 Å². The Bertz CT molecular complexity index is 328. The first-order chi connectivity index (χ1) is 6.66. The Kier molecular flexibility index (Phi) is 3.89. The molecule has 0 amide bonds. The van der Waals surface area contributed by atoms with Crippen molar-refractivity contribution in [2.24, 2.45) is 0 Å². The maximum Gasteiger partial charge on any atom is 0.313 e. The number of rotatable bonds is 3. The summed E-state index contributed by atoms with van der Waals surface area (Å²) in [5.41, 5.74) is 0.701. The Hall–Kier alpha value is -1.09. The zero-order chi connectivity index (χ0) is 10.6. The molecule has 14 heavy (non-hydrogen) atoms. The summed E-state index contributed by atoms with van der Waals surface area (Å²) in [6.45, 7) is 3.90. The highest BCUT2D eigenvalue weighted by Crippen LogP contribution is 2.22. The molecule has 1 heterocycles. The molecule has 1 atom stereocenters. The van der Waals surface area contributed by atoms with Crippen LogP contribution in [0.15, 0.2) is 18.3 Å². The third kappa shape index (κ3) is 2.45. The number of pyridine rings is 1. The lowest BCUT2D eigenvalue weighted by Crippen LogP contribution is -2.13. The third-order valence-electron chi connectivity index (χ3n) is 1.89. The number of halogens is 1. The van der Waals surface area contributed by atoms with Crippen LogP contribution >= 0.6 is 11.6 Å². The summed E-state index contributed by atoms with van der Waals surface area (Å²) in [6, 6.07) is 3.52. The van der Waals surface area contributed by atoms with Crippen LogP contribution in [0.3, 0.4) is 0 Å². The molecule has 0 aliphatic heterocycles. The van der Waals surface area contributed by atoms with Gasteiger partial charge in [-0.15, -0.1) is 0 Å². The van der Waals surface area contributed by atoms with E-state index in [1.807, 2.05) is 0 Å². The molecule has 0 aliphatic carbocycles. The molecule has 76 valence electrons. The number of hydrogen-bond donors (Lipinski definition) is 0. The molecule has 4 heteroatoms. The summed E-state index contributed by atoms with van der Waals surface area (Å²) < 4.78 is 4.89. The number of carbonyl (C=O) groups excluding carboxylic acids is 1. The molecule has 0 aromatic carbocycles. The molecule has 0 saturated carbocycles. The number of hydrogen-bond acceptors (Lipinski definition) is 3. The Labute approximate surface area is 88.1 Å². The fourth-order valence-corrected chi connectivity index (χ4v) is 1.40. The van der Waals surface area contributed by atoms with Crippen molar-refractivity contribution in [1.82, 2.24) is 4.98 Å². The van der Waals surface area contributed by atoms with Crippen molar-refractivity contribution < 1.29 is 9.53 Å². The molecule has 0 fully saturated rings. The van der Waals surface area contributed by atoms with Gasteiger partial charge in [0, 0.05) is 11.8 Å². The second-order valence-electron chi connectivity index (χ2n) is 2.86. The van der Waals surface area contributed by atoms with Crippen LogP contribution in [0, 0.1) is 0 Å². The molecule has 1 aromatic heterocycles. The van der Waals surface area contributed by atoms with E-state index in [0.717, 1.165) is 0 Å². The van der Waals surface area contributed by atoms with Gasteiger partial charge in [-0.05, 0) is 19.9 Å². The molecule has 0 radical (unpaired) electrons. The minimum atomic E-state index is -0.365. The Morgan fingerprint density at radius 1 is 1.71 bits per heavy atom. The summed E-state index contributed by atoms with van der Waals surface area (Å²) in [6.07, 6.45) is 1.59. The van der Waals surface area contributed by atoms with E-state index in [-0.39, 0.29) is 11.9 Å². The van der Waals surface area contributed by atoms with E-state index in [2.05, 4.69) is 4.98 Å². The summed E-state index contributed by atoms with van der Waals surface area (Å²) in [4.78, 5) is 15.3. The minimum absolute atomic E-state index is 0.276. The number of esters is 1. The van der Waals surface area contributed by atoms with Crippen LogP contribution in [0.1, 0.15) is 25.3 Å². The molecule has 0 spiro atoms. The van der Waals surface area contributed by atoms with Gasteiger partial charge in [-0.2, -0.15) is 0 Å². The molecule has 0 bridgehead atoms. The van der Waals surface area contributed by atoms with Crippen LogP contribution in [0.4, 0.5) is 0 Å². The van der Waals surface area contributed by atoms with Crippen LogP contribution < -0.4 is 0 Å². The van der Waals surface area contributed by atoms with Crippen LogP contribution in [0.2, 0.25) is 5.15 Å². The molecular formula is C10H12ClNO2. The normalized spacial score (nSPS) is 12.2. The quantitative estimate of drug-likeness (QED) is 0.572. The van der Waals surface area contributed by atoms with E-state index in [1.165, 1.54) is 0 Å². The smallest absolute Gasteiger partial charge is 0.313 e. The van der Waals surface area contributed by atoms with Crippen molar-refractivity contribution in [3.63, 3.8) is 0 Å². The van der Waals surface area contributed by atoms with Crippen LogP contribution in [0.5, 0.6) is 0 Å². The fraction of sp³-hybridized carbons (Fsp3) is 0.400. The second kappa shape index (κ2) is 4.96. The van der Waals surface area contributed by atoms with E-state index >= 15 is 0 Å². The Morgan fingerprint density at radius 2 is 2.43 bits per heavy atom. The van der Waals surface area contributed by atoms with Crippen molar-refractivity contribution in [2.45, 2.75) is 19.8 Å². The van der Waals surface area contributed by atoms with E-state index < -0.39 is 0 Å². The molecule has 1 unspecified atom stereocenters. The number of nitrogens with zero attached hydrogens (tertiary/aromatic N) is 1. The predicted molar refractivity (Wildman–Crippen MR) is 54.3 cm³/mol. The molecule has 1 aromatic rings. The first-order valence-electron chi connectivity index (χ1n) is 4.43. The summed E-state index contributed by atoms with van der Waals surface area (Å²) in [7, 11) is 0. The van der Waals surface area contributed by atoms with E-state index in [1.54, 1.807) is 32.2 Å². The molecule has 0 saturated heterocycles. The van der Waals surface area contributed by atoms with Gasteiger partial charge in [0.05, 0.1) is 12.5 Å². The van der Waals surface area contributed by atoms with Gasteiger partial charge in [0.1, 0.15) is 5.15 Å². The van der Waals surface area contributed by atoms with Gasteiger partial charge in [0.25, 0.3) is 0 Å². The third-order valence-corrected chi connectivity index (χ3v) is 2.21. The van der Waals surface area contributed by atoms with Gasteiger partial charge in [-0.25, -0.2) is 4.98 Å². The molecule has 0 N–H and O–H groups in total. The van der Waals surface area contributed by atoms with Crippen LogP contribution in [-0.2, 0) is 9.53 Å².